The summed E-state index contributed by atoms with van der Waals surface area (Å²) in [6.45, 7) is 2.67. The Bertz CT molecular complexity index is 353. The zero-order valence-corrected chi connectivity index (χ0v) is 11.8. The van der Waals surface area contributed by atoms with Gasteiger partial charge >= 0.3 is 0 Å². The minimum absolute atomic E-state index is 0.161. The predicted molar refractivity (Wildman–Crippen MR) is 75.8 cm³/mol. The van der Waals surface area contributed by atoms with Crippen LogP contribution in [-0.2, 0) is 6.61 Å². The lowest BCUT2D eigenvalue weighted by atomic mass is 10.1. The maximum absolute atomic E-state index is 13.2. The quantitative estimate of drug-likeness (QED) is 0.635. The Kier molecular flexibility index (Phi) is 8.23. The van der Waals surface area contributed by atoms with Crippen molar-refractivity contribution in [2.45, 2.75) is 58.5 Å². The van der Waals surface area contributed by atoms with Gasteiger partial charge in [0.2, 0.25) is 0 Å². The first-order chi connectivity index (χ1) is 9.26. The van der Waals surface area contributed by atoms with Gasteiger partial charge in [-0.1, -0.05) is 45.4 Å². The van der Waals surface area contributed by atoms with Crippen LogP contribution in [0.25, 0.3) is 0 Å². The van der Waals surface area contributed by atoms with E-state index < -0.39 is 0 Å². The van der Waals surface area contributed by atoms with E-state index in [1.807, 2.05) is 0 Å². The van der Waals surface area contributed by atoms with Gasteiger partial charge in [-0.25, -0.2) is 4.39 Å². The second-order valence-corrected chi connectivity index (χ2v) is 4.92. The molecule has 1 aromatic rings. The summed E-state index contributed by atoms with van der Waals surface area (Å²) < 4.78 is 18.7. The summed E-state index contributed by atoms with van der Waals surface area (Å²) in [7, 11) is 0. The smallest absolute Gasteiger partial charge is 0.127 e. The van der Waals surface area contributed by atoms with Crippen LogP contribution in [0.5, 0.6) is 5.75 Å². The lowest BCUT2D eigenvalue weighted by Gasteiger charge is -2.08. The average Bonchev–Trinajstić information content (AvgIpc) is 2.41. The number of hydrogen-bond donors (Lipinski definition) is 1. The van der Waals surface area contributed by atoms with Gasteiger partial charge in [0.15, 0.2) is 0 Å². The molecule has 0 aliphatic heterocycles. The lowest BCUT2D eigenvalue weighted by molar-refractivity contribution is 0.276. The molecule has 0 atom stereocenters. The van der Waals surface area contributed by atoms with Gasteiger partial charge in [0.25, 0.3) is 0 Å². The van der Waals surface area contributed by atoms with Gasteiger partial charge in [0.05, 0.1) is 13.2 Å². The zero-order chi connectivity index (χ0) is 13.9. The highest BCUT2D eigenvalue weighted by Crippen LogP contribution is 2.17. The van der Waals surface area contributed by atoms with Crippen molar-refractivity contribution in [2.24, 2.45) is 0 Å². The van der Waals surface area contributed by atoms with Crippen molar-refractivity contribution in [3.8, 4) is 5.75 Å². The molecule has 19 heavy (non-hydrogen) atoms. The Balaban J connectivity index is 2.13. The van der Waals surface area contributed by atoms with E-state index in [0.29, 0.717) is 17.9 Å². The number of benzene rings is 1. The number of unbranched alkanes of at least 4 members (excludes halogenated alkanes) is 6. The van der Waals surface area contributed by atoms with Gasteiger partial charge in [-0.05, 0) is 24.1 Å². The predicted octanol–water partition coefficient (Wildman–Crippen LogP) is 4.45. The van der Waals surface area contributed by atoms with Crippen LogP contribution in [0.15, 0.2) is 18.2 Å². The van der Waals surface area contributed by atoms with E-state index in [1.54, 1.807) is 6.07 Å². The van der Waals surface area contributed by atoms with Gasteiger partial charge in [0.1, 0.15) is 11.6 Å². The first-order valence-electron chi connectivity index (χ1n) is 7.29. The SMILES string of the molecule is CCCCCCCCCOc1cc(F)cc(CO)c1. The van der Waals surface area contributed by atoms with Crippen LogP contribution in [0.1, 0.15) is 57.4 Å². The normalized spacial score (nSPS) is 10.7. The first kappa shape index (κ1) is 16.0. The standard InChI is InChI=1S/C16H25FO2/c1-2-3-4-5-6-7-8-9-19-16-11-14(13-18)10-15(17)12-16/h10-12,18H,2-9,13H2,1H3. The molecule has 0 fully saturated rings. The molecule has 0 spiro atoms. The Morgan fingerprint density at radius 2 is 1.68 bits per heavy atom. The van der Waals surface area contributed by atoms with Gasteiger partial charge < -0.3 is 9.84 Å². The molecule has 0 heterocycles. The fourth-order valence-corrected chi connectivity index (χ4v) is 2.04. The molecule has 0 bridgehead atoms. The summed E-state index contributed by atoms with van der Waals surface area (Å²) in [6.07, 6.45) is 8.61. The van der Waals surface area contributed by atoms with Crippen molar-refractivity contribution in [2.75, 3.05) is 6.61 Å². The van der Waals surface area contributed by atoms with Crippen molar-refractivity contribution < 1.29 is 14.2 Å². The fraction of sp³-hybridized carbons (Fsp3) is 0.625. The summed E-state index contributed by atoms with van der Waals surface area (Å²) in [4.78, 5) is 0. The topological polar surface area (TPSA) is 29.5 Å². The number of ether oxygens (including phenoxy) is 1. The number of aliphatic hydroxyl groups excluding tert-OH is 1. The van der Waals surface area contributed by atoms with Gasteiger partial charge in [-0.3, -0.25) is 0 Å². The van der Waals surface area contributed by atoms with Crippen LogP contribution in [0.4, 0.5) is 4.39 Å². The molecule has 1 aromatic carbocycles. The van der Waals surface area contributed by atoms with E-state index in [4.69, 9.17) is 9.84 Å². The Labute approximate surface area is 115 Å². The lowest BCUT2D eigenvalue weighted by Crippen LogP contribution is -1.99. The summed E-state index contributed by atoms with van der Waals surface area (Å²) in [5.41, 5.74) is 0.551. The number of hydrogen-bond acceptors (Lipinski definition) is 2. The van der Waals surface area contributed by atoms with Crippen LogP contribution in [0.2, 0.25) is 0 Å². The van der Waals surface area contributed by atoms with E-state index in [-0.39, 0.29) is 12.4 Å². The third kappa shape index (κ3) is 7.16. The van der Waals surface area contributed by atoms with E-state index in [1.165, 1.54) is 44.2 Å². The Morgan fingerprint density at radius 1 is 1.00 bits per heavy atom. The third-order valence-corrected chi connectivity index (χ3v) is 3.13. The Hall–Kier alpha value is -1.09. The van der Waals surface area contributed by atoms with Crippen LogP contribution < -0.4 is 4.74 Å². The molecule has 0 amide bonds. The molecule has 0 radical (unpaired) electrons. The van der Waals surface area contributed by atoms with Crippen molar-refractivity contribution in [1.82, 2.24) is 0 Å². The summed E-state index contributed by atoms with van der Waals surface area (Å²) >= 11 is 0. The maximum atomic E-state index is 13.2. The van der Waals surface area contributed by atoms with Crippen LogP contribution in [0.3, 0.4) is 0 Å². The molecule has 0 aliphatic carbocycles. The molecular weight excluding hydrogens is 243 g/mol. The van der Waals surface area contributed by atoms with Crippen molar-refractivity contribution >= 4 is 0 Å². The molecule has 1 rings (SSSR count). The van der Waals surface area contributed by atoms with E-state index in [9.17, 15) is 4.39 Å². The van der Waals surface area contributed by atoms with Gasteiger partial charge in [-0.15, -0.1) is 0 Å². The fourth-order valence-electron chi connectivity index (χ4n) is 2.04. The van der Waals surface area contributed by atoms with E-state index >= 15 is 0 Å². The molecule has 3 heteroatoms. The van der Waals surface area contributed by atoms with Gasteiger partial charge in [0, 0.05) is 6.07 Å². The maximum Gasteiger partial charge on any atom is 0.127 e. The molecule has 0 aromatic heterocycles. The minimum Gasteiger partial charge on any atom is -0.493 e. The van der Waals surface area contributed by atoms with Crippen LogP contribution in [0, 0.1) is 5.82 Å². The van der Waals surface area contributed by atoms with E-state index in [2.05, 4.69) is 6.92 Å². The van der Waals surface area contributed by atoms with Crippen molar-refractivity contribution in [3.05, 3.63) is 29.6 Å². The minimum atomic E-state index is -0.360. The number of halogens is 1. The number of aliphatic hydroxyl groups is 1. The number of rotatable bonds is 10. The highest BCUT2D eigenvalue weighted by atomic mass is 19.1. The molecular formula is C16H25FO2. The first-order valence-corrected chi connectivity index (χ1v) is 7.29. The molecule has 1 N–H and O–H groups in total. The van der Waals surface area contributed by atoms with Gasteiger partial charge in [-0.2, -0.15) is 0 Å². The largest absolute Gasteiger partial charge is 0.493 e. The van der Waals surface area contributed by atoms with E-state index in [0.717, 1.165) is 12.8 Å². The summed E-state index contributed by atoms with van der Waals surface area (Å²) in [6, 6.07) is 4.37. The third-order valence-electron chi connectivity index (χ3n) is 3.13. The molecule has 108 valence electrons. The highest BCUT2D eigenvalue weighted by molar-refractivity contribution is 5.29. The zero-order valence-electron chi connectivity index (χ0n) is 11.8. The second-order valence-electron chi connectivity index (χ2n) is 4.92. The van der Waals surface area contributed by atoms with Crippen LogP contribution in [-0.4, -0.2) is 11.7 Å². The Morgan fingerprint density at radius 3 is 2.37 bits per heavy atom. The molecule has 0 aliphatic rings. The second kappa shape index (κ2) is 9.79. The molecule has 0 unspecified atom stereocenters. The highest BCUT2D eigenvalue weighted by Gasteiger charge is 2.01. The van der Waals surface area contributed by atoms with Crippen LogP contribution >= 0.6 is 0 Å². The molecule has 0 saturated carbocycles. The monoisotopic (exact) mass is 268 g/mol. The molecule has 0 saturated heterocycles. The summed E-state index contributed by atoms with van der Waals surface area (Å²) in [5, 5.41) is 8.98. The summed E-state index contributed by atoms with van der Waals surface area (Å²) in [5.74, 6) is 0.149. The van der Waals surface area contributed by atoms with Crippen molar-refractivity contribution in [3.63, 3.8) is 0 Å². The van der Waals surface area contributed by atoms with Crippen molar-refractivity contribution in [1.29, 1.82) is 0 Å². The average molecular weight is 268 g/mol. The molecule has 2 nitrogen and oxygen atoms in total.